The lowest BCUT2D eigenvalue weighted by molar-refractivity contribution is -0.117. The van der Waals surface area contributed by atoms with E-state index in [4.69, 9.17) is 0 Å². The molecule has 1 heterocycles. The second-order valence-electron chi connectivity index (χ2n) is 6.96. The number of carbonyl (C=O) groups is 2. The highest BCUT2D eigenvalue weighted by Gasteiger charge is 2.23. The van der Waals surface area contributed by atoms with E-state index in [1.165, 1.54) is 0 Å². The third kappa shape index (κ3) is 5.23. The monoisotopic (exact) mass is 330 g/mol. The van der Waals surface area contributed by atoms with Gasteiger partial charge in [0.1, 0.15) is 0 Å². The number of nitrogens with zero attached hydrogens (tertiary/aromatic N) is 1. The first-order valence-electron chi connectivity index (χ1n) is 8.78. The number of amides is 3. The average molecular weight is 330 g/mol. The van der Waals surface area contributed by atoms with Crippen molar-refractivity contribution in [2.24, 2.45) is 5.92 Å². The van der Waals surface area contributed by atoms with Crippen molar-refractivity contribution in [3.05, 3.63) is 24.3 Å². The maximum Gasteiger partial charge on any atom is 0.319 e. The van der Waals surface area contributed by atoms with Crippen LogP contribution in [0.4, 0.5) is 16.2 Å². The van der Waals surface area contributed by atoms with Gasteiger partial charge in [0.2, 0.25) is 5.91 Å². The van der Waals surface area contributed by atoms with Gasteiger partial charge in [-0.05, 0) is 69.0 Å². The number of hydrogen-bond acceptors (Lipinski definition) is 3. The van der Waals surface area contributed by atoms with Gasteiger partial charge in [0.05, 0.1) is 6.54 Å². The van der Waals surface area contributed by atoms with Crippen molar-refractivity contribution in [2.75, 3.05) is 30.3 Å². The molecule has 24 heavy (non-hydrogen) atoms. The van der Waals surface area contributed by atoms with Gasteiger partial charge in [-0.3, -0.25) is 9.69 Å². The molecule has 1 aromatic carbocycles. The Morgan fingerprint density at radius 3 is 2.17 bits per heavy atom. The zero-order valence-electron chi connectivity index (χ0n) is 14.2. The zero-order chi connectivity index (χ0) is 16.9. The molecular formula is C18H26N4O2. The summed E-state index contributed by atoms with van der Waals surface area (Å²) in [6.07, 6.45) is 4.45. The topological polar surface area (TPSA) is 73.5 Å². The van der Waals surface area contributed by atoms with Crippen LogP contribution in [0.25, 0.3) is 0 Å². The van der Waals surface area contributed by atoms with Crippen LogP contribution in [-0.2, 0) is 4.79 Å². The van der Waals surface area contributed by atoms with Gasteiger partial charge in [0, 0.05) is 17.4 Å². The van der Waals surface area contributed by atoms with E-state index >= 15 is 0 Å². The molecular weight excluding hydrogens is 304 g/mol. The summed E-state index contributed by atoms with van der Waals surface area (Å²) in [7, 11) is 0. The molecule has 0 radical (unpaired) electrons. The van der Waals surface area contributed by atoms with Crippen LogP contribution in [0.5, 0.6) is 0 Å². The van der Waals surface area contributed by atoms with Gasteiger partial charge in [-0.2, -0.15) is 0 Å². The Hall–Kier alpha value is -2.08. The van der Waals surface area contributed by atoms with Gasteiger partial charge in [-0.25, -0.2) is 4.79 Å². The average Bonchev–Trinajstić information content (AvgIpc) is 3.35. The van der Waals surface area contributed by atoms with E-state index in [2.05, 4.69) is 27.8 Å². The molecule has 3 amide bonds. The van der Waals surface area contributed by atoms with E-state index in [0.717, 1.165) is 56.1 Å². The van der Waals surface area contributed by atoms with Crippen LogP contribution in [0, 0.1) is 5.92 Å². The van der Waals surface area contributed by atoms with Crippen molar-refractivity contribution in [3.63, 3.8) is 0 Å². The summed E-state index contributed by atoms with van der Waals surface area (Å²) in [5.74, 6) is 0.776. The summed E-state index contributed by atoms with van der Waals surface area (Å²) in [6, 6.07) is 7.37. The summed E-state index contributed by atoms with van der Waals surface area (Å²) in [6.45, 7) is 4.69. The number of anilines is 2. The van der Waals surface area contributed by atoms with Crippen LogP contribution >= 0.6 is 0 Å². The fourth-order valence-electron chi connectivity index (χ4n) is 2.84. The Morgan fingerprint density at radius 2 is 1.58 bits per heavy atom. The molecule has 0 spiro atoms. The maximum atomic E-state index is 12.1. The Kier molecular flexibility index (Phi) is 5.35. The summed E-state index contributed by atoms with van der Waals surface area (Å²) in [4.78, 5) is 26.0. The van der Waals surface area contributed by atoms with E-state index in [1.807, 2.05) is 12.1 Å². The smallest absolute Gasteiger partial charge is 0.319 e. The number of piperidine rings is 1. The van der Waals surface area contributed by atoms with Crippen molar-refractivity contribution in [1.29, 1.82) is 0 Å². The Balaban J connectivity index is 1.43. The highest BCUT2D eigenvalue weighted by Crippen LogP contribution is 2.19. The molecule has 6 heteroatoms. The molecule has 2 fully saturated rings. The molecule has 1 aromatic rings. The first kappa shape index (κ1) is 16.8. The summed E-state index contributed by atoms with van der Waals surface area (Å²) in [5, 5.41) is 8.58. The number of hydrogen-bond donors (Lipinski definition) is 3. The van der Waals surface area contributed by atoms with E-state index < -0.39 is 0 Å². The first-order valence-corrected chi connectivity index (χ1v) is 8.78. The molecule has 1 aliphatic heterocycles. The van der Waals surface area contributed by atoms with Crippen molar-refractivity contribution < 1.29 is 9.59 Å². The summed E-state index contributed by atoms with van der Waals surface area (Å²) < 4.78 is 0. The van der Waals surface area contributed by atoms with Crippen LogP contribution in [0.15, 0.2) is 24.3 Å². The largest absolute Gasteiger partial charge is 0.335 e. The second-order valence-corrected chi connectivity index (χ2v) is 6.96. The highest BCUT2D eigenvalue weighted by molar-refractivity contribution is 5.93. The quantitative estimate of drug-likeness (QED) is 0.777. The van der Waals surface area contributed by atoms with Gasteiger partial charge in [-0.15, -0.1) is 0 Å². The van der Waals surface area contributed by atoms with E-state index in [-0.39, 0.29) is 11.9 Å². The molecule has 130 valence electrons. The Labute approximate surface area is 143 Å². The van der Waals surface area contributed by atoms with E-state index in [1.54, 1.807) is 12.1 Å². The van der Waals surface area contributed by atoms with Gasteiger partial charge in [0.15, 0.2) is 0 Å². The second kappa shape index (κ2) is 7.66. The predicted molar refractivity (Wildman–Crippen MR) is 95.1 cm³/mol. The van der Waals surface area contributed by atoms with E-state index in [0.29, 0.717) is 12.6 Å². The van der Waals surface area contributed by atoms with Gasteiger partial charge >= 0.3 is 6.03 Å². The van der Waals surface area contributed by atoms with Crippen LogP contribution in [-0.4, -0.2) is 42.5 Å². The fraction of sp³-hybridized carbons (Fsp3) is 0.556. The molecule has 0 atom stereocenters. The summed E-state index contributed by atoms with van der Waals surface area (Å²) >= 11 is 0. The molecule has 2 aliphatic rings. The normalized spacial score (nSPS) is 18.9. The van der Waals surface area contributed by atoms with Gasteiger partial charge in [-0.1, -0.05) is 6.92 Å². The molecule has 1 saturated heterocycles. The standard InChI is InChI=1S/C18H26N4O2/c1-13-8-10-22(11-9-13)12-17(23)19-14-2-4-15(5-3-14)20-18(24)21-16-6-7-16/h2-5,13,16H,6-12H2,1H3,(H,19,23)(H2,20,21,24). The van der Waals surface area contributed by atoms with Crippen molar-refractivity contribution in [3.8, 4) is 0 Å². The van der Waals surface area contributed by atoms with E-state index in [9.17, 15) is 9.59 Å². The number of urea groups is 1. The lowest BCUT2D eigenvalue weighted by Gasteiger charge is -2.29. The molecule has 0 aromatic heterocycles. The van der Waals surface area contributed by atoms with Gasteiger partial charge < -0.3 is 16.0 Å². The molecule has 3 N–H and O–H groups in total. The molecule has 1 saturated carbocycles. The zero-order valence-corrected chi connectivity index (χ0v) is 14.2. The number of nitrogens with one attached hydrogen (secondary N) is 3. The van der Waals surface area contributed by atoms with Crippen molar-refractivity contribution in [1.82, 2.24) is 10.2 Å². The first-order chi connectivity index (χ1) is 11.6. The Bertz CT molecular complexity index is 575. The minimum atomic E-state index is -0.173. The number of likely N-dealkylation sites (tertiary alicyclic amines) is 1. The van der Waals surface area contributed by atoms with Crippen LogP contribution in [0.2, 0.25) is 0 Å². The molecule has 1 aliphatic carbocycles. The van der Waals surface area contributed by atoms with Crippen LogP contribution in [0.3, 0.4) is 0 Å². The van der Waals surface area contributed by atoms with Crippen LogP contribution in [0.1, 0.15) is 32.6 Å². The molecule has 0 unspecified atom stereocenters. The fourth-order valence-corrected chi connectivity index (χ4v) is 2.84. The SMILES string of the molecule is CC1CCN(CC(=O)Nc2ccc(NC(=O)NC3CC3)cc2)CC1. The minimum absolute atomic E-state index is 0.0109. The Morgan fingerprint density at radius 1 is 1.00 bits per heavy atom. The highest BCUT2D eigenvalue weighted by atomic mass is 16.2. The van der Waals surface area contributed by atoms with Crippen molar-refractivity contribution >= 4 is 23.3 Å². The molecule has 0 bridgehead atoms. The summed E-state index contributed by atoms with van der Waals surface area (Å²) in [5.41, 5.74) is 1.47. The number of rotatable bonds is 5. The predicted octanol–water partition coefficient (Wildman–Crippen LogP) is 2.64. The lowest BCUT2D eigenvalue weighted by atomic mass is 9.99. The van der Waals surface area contributed by atoms with Crippen LogP contribution < -0.4 is 16.0 Å². The molecule has 6 nitrogen and oxygen atoms in total. The lowest BCUT2D eigenvalue weighted by Crippen LogP contribution is -2.38. The van der Waals surface area contributed by atoms with Crippen molar-refractivity contribution in [2.45, 2.75) is 38.6 Å². The third-order valence-corrected chi connectivity index (χ3v) is 4.58. The van der Waals surface area contributed by atoms with Gasteiger partial charge in [0.25, 0.3) is 0 Å². The number of benzene rings is 1. The maximum absolute atomic E-state index is 12.1. The number of carbonyl (C=O) groups excluding carboxylic acids is 2. The molecule has 3 rings (SSSR count). The third-order valence-electron chi connectivity index (χ3n) is 4.58. The minimum Gasteiger partial charge on any atom is -0.335 e.